The smallest absolute Gasteiger partial charge is 0.239 e. The average molecular weight is 285 g/mol. The van der Waals surface area contributed by atoms with E-state index < -0.39 is 6.04 Å². The fraction of sp³-hybridized carbons (Fsp3) is 0.417. The molecule has 0 fully saturated rings. The van der Waals surface area contributed by atoms with E-state index in [9.17, 15) is 4.79 Å². The van der Waals surface area contributed by atoms with Gasteiger partial charge in [-0.2, -0.15) is 0 Å². The van der Waals surface area contributed by atoms with Crippen molar-refractivity contribution < 1.29 is 4.79 Å². The van der Waals surface area contributed by atoms with E-state index in [1.807, 2.05) is 25.1 Å². The number of nitrogens with one attached hydrogen (secondary N) is 1. The Hall–Kier alpha value is -0.870. The number of benzene rings is 1. The topological polar surface area (TPSA) is 55.1 Å². The first-order valence-electron chi connectivity index (χ1n) is 5.35. The van der Waals surface area contributed by atoms with Gasteiger partial charge >= 0.3 is 0 Å². The predicted molar refractivity (Wildman–Crippen MR) is 69.1 cm³/mol. The molecule has 4 heteroatoms. The second-order valence-electron chi connectivity index (χ2n) is 3.80. The first-order valence-corrected chi connectivity index (χ1v) is 6.14. The fourth-order valence-corrected chi connectivity index (χ4v) is 1.77. The summed E-state index contributed by atoms with van der Waals surface area (Å²) in [6.45, 7) is 4.83. The van der Waals surface area contributed by atoms with Gasteiger partial charge in [0, 0.05) is 4.47 Å². The van der Waals surface area contributed by atoms with Crippen molar-refractivity contribution in [2.75, 3.05) is 6.54 Å². The molecule has 1 rings (SSSR count). The number of rotatable bonds is 5. The van der Waals surface area contributed by atoms with Crippen LogP contribution in [0.15, 0.2) is 22.7 Å². The molecule has 0 heterocycles. The lowest BCUT2D eigenvalue weighted by molar-refractivity contribution is -0.120. The largest absolute Gasteiger partial charge is 0.368 e. The molecule has 0 aromatic heterocycles. The van der Waals surface area contributed by atoms with Crippen LogP contribution in [0.4, 0.5) is 0 Å². The molecule has 1 amide bonds. The molecule has 3 nitrogen and oxygen atoms in total. The SMILES string of the molecule is CCCNC(C(N)=O)c1ccc(Br)c(C)c1. The summed E-state index contributed by atoms with van der Waals surface area (Å²) in [6, 6.07) is 5.43. The Morgan fingerprint density at radius 1 is 1.56 bits per heavy atom. The highest BCUT2D eigenvalue weighted by atomic mass is 79.9. The van der Waals surface area contributed by atoms with Crippen molar-refractivity contribution in [1.29, 1.82) is 0 Å². The van der Waals surface area contributed by atoms with Gasteiger partial charge in [-0.15, -0.1) is 0 Å². The Kier molecular flexibility index (Phi) is 4.96. The third-order valence-corrected chi connectivity index (χ3v) is 3.29. The first kappa shape index (κ1) is 13.2. The first-order chi connectivity index (χ1) is 7.56. The number of carbonyl (C=O) groups is 1. The van der Waals surface area contributed by atoms with Gasteiger partial charge in [-0.3, -0.25) is 4.79 Å². The van der Waals surface area contributed by atoms with Gasteiger partial charge < -0.3 is 11.1 Å². The summed E-state index contributed by atoms with van der Waals surface area (Å²) in [5.41, 5.74) is 7.40. The van der Waals surface area contributed by atoms with Gasteiger partial charge in [0.05, 0.1) is 0 Å². The normalized spacial score (nSPS) is 12.4. The number of hydrogen-bond donors (Lipinski definition) is 2. The van der Waals surface area contributed by atoms with Crippen LogP contribution in [0.5, 0.6) is 0 Å². The molecule has 0 aliphatic rings. The number of primary amides is 1. The van der Waals surface area contributed by atoms with Crippen LogP contribution in [0.25, 0.3) is 0 Å². The Morgan fingerprint density at radius 3 is 2.75 bits per heavy atom. The van der Waals surface area contributed by atoms with Crippen LogP contribution in [-0.4, -0.2) is 12.5 Å². The molecule has 0 saturated carbocycles. The predicted octanol–water partition coefficient (Wildman–Crippen LogP) is 2.28. The lowest BCUT2D eigenvalue weighted by Gasteiger charge is -2.16. The van der Waals surface area contributed by atoms with E-state index in [0.717, 1.165) is 28.6 Å². The quantitative estimate of drug-likeness (QED) is 0.872. The molecular weight excluding hydrogens is 268 g/mol. The Morgan fingerprint density at radius 2 is 2.25 bits per heavy atom. The Bertz CT molecular complexity index is 379. The maximum atomic E-state index is 11.4. The van der Waals surface area contributed by atoms with Crippen LogP contribution in [0.2, 0.25) is 0 Å². The maximum absolute atomic E-state index is 11.4. The van der Waals surface area contributed by atoms with E-state index in [1.54, 1.807) is 0 Å². The number of halogens is 1. The van der Waals surface area contributed by atoms with Gasteiger partial charge in [-0.05, 0) is 37.1 Å². The van der Waals surface area contributed by atoms with Crippen molar-refractivity contribution in [2.45, 2.75) is 26.3 Å². The molecular formula is C12H17BrN2O. The van der Waals surface area contributed by atoms with E-state index in [2.05, 4.69) is 28.2 Å². The van der Waals surface area contributed by atoms with E-state index in [0.29, 0.717) is 0 Å². The summed E-state index contributed by atoms with van der Waals surface area (Å²) in [5, 5.41) is 3.14. The van der Waals surface area contributed by atoms with Crippen molar-refractivity contribution >= 4 is 21.8 Å². The van der Waals surface area contributed by atoms with Crippen LogP contribution < -0.4 is 11.1 Å². The highest BCUT2D eigenvalue weighted by Gasteiger charge is 2.16. The van der Waals surface area contributed by atoms with Crippen LogP contribution in [0.1, 0.15) is 30.5 Å². The molecule has 1 unspecified atom stereocenters. The minimum atomic E-state index is -0.397. The number of nitrogens with two attached hydrogens (primary N) is 1. The summed E-state index contributed by atoms with van der Waals surface area (Å²) < 4.78 is 1.04. The zero-order chi connectivity index (χ0) is 12.1. The summed E-state index contributed by atoms with van der Waals surface area (Å²) in [5.74, 6) is -0.338. The number of hydrogen-bond acceptors (Lipinski definition) is 2. The van der Waals surface area contributed by atoms with E-state index >= 15 is 0 Å². The minimum absolute atomic E-state index is 0.338. The molecule has 1 aromatic carbocycles. The van der Waals surface area contributed by atoms with Crippen molar-refractivity contribution in [3.05, 3.63) is 33.8 Å². The Labute approximate surface area is 105 Å². The Balaban J connectivity index is 2.92. The molecule has 0 radical (unpaired) electrons. The van der Waals surface area contributed by atoms with Crippen molar-refractivity contribution in [3.63, 3.8) is 0 Å². The van der Waals surface area contributed by atoms with Crippen LogP contribution in [-0.2, 0) is 4.79 Å². The molecule has 0 aliphatic heterocycles. The van der Waals surface area contributed by atoms with Gasteiger partial charge in [-0.1, -0.05) is 35.0 Å². The van der Waals surface area contributed by atoms with Crippen LogP contribution in [0, 0.1) is 6.92 Å². The summed E-state index contributed by atoms with van der Waals surface area (Å²) in [6.07, 6.45) is 0.972. The lowest BCUT2D eigenvalue weighted by Crippen LogP contribution is -2.34. The molecule has 1 aromatic rings. The highest BCUT2D eigenvalue weighted by molar-refractivity contribution is 9.10. The van der Waals surface area contributed by atoms with Gasteiger partial charge in [0.2, 0.25) is 5.91 Å². The zero-order valence-corrected chi connectivity index (χ0v) is 11.2. The second kappa shape index (κ2) is 6.01. The van der Waals surface area contributed by atoms with Gasteiger partial charge in [0.25, 0.3) is 0 Å². The number of aryl methyl sites for hydroxylation is 1. The van der Waals surface area contributed by atoms with Crippen molar-refractivity contribution in [2.24, 2.45) is 5.73 Å². The third-order valence-electron chi connectivity index (χ3n) is 2.40. The standard InChI is InChI=1S/C12H17BrN2O/c1-3-6-15-11(12(14)16)9-4-5-10(13)8(2)7-9/h4-5,7,11,15H,3,6H2,1-2H3,(H2,14,16). The molecule has 0 spiro atoms. The molecule has 3 N–H and O–H groups in total. The number of carbonyl (C=O) groups excluding carboxylic acids is 1. The highest BCUT2D eigenvalue weighted by Crippen LogP contribution is 2.21. The van der Waals surface area contributed by atoms with Crippen molar-refractivity contribution in [1.82, 2.24) is 5.32 Å². The molecule has 16 heavy (non-hydrogen) atoms. The molecule has 0 aliphatic carbocycles. The van der Waals surface area contributed by atoms with E-state index in [4.69, 9.17) is 5.73 Å². The molecule has 1 atom stereocenters. The van der Waals surface area contributed by atoms with Gasteiger partial charge in [-0.25, -0.2) is 0 Å². The minimum Gasteiger partial charge on any atom is -0.368 e. The van der Waals surface area contributed by atoms with Crippen molar-refractivity contribution in [3.8, 4) is 0 Å². The fourth-order valence-electron chi connectivity index (χ4n) is 1.52. The summed E-state index contributed by atoms with van der Waals surface area (Å²) >= 11 is 3.43. The average Bonchev–Trinajstić information content (AvgIpc) is 2.23. The molecule has 0 saturated heterocycles. The maximum Gasteiger partial charge on any atom is 0.239 e. The summed E-state index contributed by atoms with van der Waals surface area (Å²) in [4.78, 5) is 11.4. The van der Waals surface area contributed by atoms with Gasteiger partial charge in [0.1, 0.15) is 6.04 Å². The molecule has 88 valence electrons. The third kappa shape index (κ3) is 3.32. The van der Waals surface area contributed by atoms with Gasteiger partial charge in [0.15, 0.2) is 0 Å². The van der Waals surface area contributed by atoms with Crippen LogP contribution >= 0.6 is 15.9 Å². The second-order valence-corrected chi connectivity index (χ2v) is 4.65. The molecule has 0 bridgehead atoms. The summed E-state index contributed by atoms with van der Waals surface area (Å²) in [7, 11) is 0. The van der Waals surface area contributed by atoms with E-state index in [-0.39, 0.29) is 5.91 Å². The zero-order valence-electron chi connectivity index (χ0n) is 9.59. The van der Waals surface area contributed by atoms with E-state index in [1.165, 1.54) is 0 Å². The lowest BCUT2D eigenvalue weighted by atomic mass is 10.0. The van der Waals surface area contributed by atoms with Crippen LogP contribution in [0.3, 0.4) is 0 Å². The number of amides is 1. The monoisotopic (exact) mass is 284 g/mol.